The number of benzene rings is 3. The molecule has 0 fully saturated rings. The van der Waals surface area contributed by atoms with Crippen molar-refractivity contribution in [3.05, 3.63) is 89.6 Å². The van der Waals surface area contributed by atoms with E-state index in [-0.39, 0.29) is 5.91 Å². The molecule has 1 aromatic heterocycles. The second-order valence-corrected chi connectivity index (χ2v) is 6.48. The summed E-state index contributed by atoms with van der Waals surface area (Å²) in [6, 6.07) is 23.9. The van der Waals surface area contributed by atoms with Crippen LogP contribution in [0.1, 0.15) is 28.5 Å². The molecule has 0 unspecified atom stereocenters. The zero-order valence-electron chi connectivity index (χ0n) is 15.5. The first-order chi connectivity index (χ1) is 13.7. The Hall–Kier alpha value is -3.73. The van der Waals surface area contributed by atoms with Gasteiger partial charge in [0.1, 0.15) is 5.69 Å². The predicted octanol–water partition coefficient (Wildman–Crippen LogP) is 4.56. The molecule has 5 heteroatoms. The number of amides is 1. The Bertz CT molecular complexity index is 1140. The van der Waals surface area contributed by atoms with E-state index in [1.807, 2.05) is 54.6 Å². The summed E-state index contributed by atoms with van der Waals surface area (Å²) in [5, 5.41) is 13.3. The molecule has 138 valence electrons. The zero-order chi connectivity index (χ0) is 19.3. The number of aromatic nitrogens is 2. The van der Waals surface area contributed by atoms with Crippen LogP contribution < -0.4 is 5.43 Å². The molecule has 2 N–H and O–H groups in total. The Morgan fingerprint density at radius 3 is 2.68 bits per heavy atom. The number of hydrogen-bond donors (Lipinski definition) is 2. The van der Waals surface area contributed by atoms with Gasteiger partial charge < -0.3 is 0 Å². The van der Waals surface area contributed by atoms with E-state index in [4.69, 9.17) is 0 Å². The number of hydrazone groups is 1. The van der Waals surface area contributed by atoms with Crippen molar-refractivity contribution in [2.24, 2.45) is 5.10 Å². The number of nitrogens with zero attached hydrogens (tertiary/aromatic N) is 2. The third kappa shape index (κ3) is 3.69. The summed E-state index contributed by atoms with van der Waals surface area (Å²) < 4.78 is 0. The van der Waals surface area contributed by atoms with Crippen LogP contribution in [0, 0.1) is 0 Å². The second kappa shape index (κ2) is 7.88. The summed E-state index contributed by atoms with van der Waals surface area (Å²) in [5.41, 5.74) is 6.82. The number of carbonyl (C=O) groups excluding carboxylic acids is 1. The molecule has 4 aromatic rings. The highest BCUT2D eigenvalue weighted by Crippen LogP contribution is 2.19. The standard InChI is InChI=1S/C23H20N4O/c1-2-16-10-12-18(13-11-16)21-14-22(26-25-21)23(28)27-24-15-19-8-5-7-17-6-3-4-9-20(17)19/h3-15H,2H2,1H3,(H,25,26)(H,27,28). The van der Waals surface area contributed by atoms with Crippen molar-refractivity contribution in [2.75, 3.05) is 0 Å². The lowest BCUT2D eigenvalue weighted by Crippen LogP contribution is -2.18. The monoisotopic (exact) mass is 368 g/mol. The SMILES string of the molecule is CCc1ccc(-c2cc(C(=O)NN=Cc3cccc4ccccc34)[nH]n2)cc1. The largest absolute Gasteiger partial charge is 0.289 e. The molecule has 0 aliphatic heterocycles. The fourth-order valence-corrected chi connectivity index (χ4v) is 3.08. The highest BCUT2D eigenvalue weighted by Gasteiger charge is 2.10. The lowest BCUT2D eigenvalue weighted by Gasteiger charge is -2.01. The smallest absolute Gasteiger partial charge is 0.272 e. The van der Waals surface area contributed by atoms with Crippen molar-refractivity contribution in [1.82, 2.24) is 15.6 Å². The Labute approximate surface area is 163 Å². The van der Waals surface area contributed by atoms with Crippen molar-refractivity contribution in [3.63, 3.8) is 0 Å². The van der Waals surface area contributed by atoms with E-state index in [0.29, 0.717) is 5.69 Å². The molecule has 5 nitrogen and oxygen atoms in total. The fourth-order valence-electron chi connectivity index (χ4n) is 3.08. The first-order valence-corrected chi connectivity index (χ1v) is 9.20. The molecule has 0 spiro atoms. The van der Waals surface area contributed by atoms with Gasteiger partial charge in [0.05, 0.1) is 11.9 Å². The molecule has 0 aliphatic rings. The minimum atomic E-state index is -0.333. The van der Waals surface area contributed by atoms with Gasteiger partial charge >= 0.3 is 0 Å². The van der Waals surface area contributed by atoms with Gasteiger partial charge in [-0.15, -0.1) is 0 Å². The number of aromatic amines is 1. The number of H-pyrrole nitrogens is 1. The van der Waals surface area contributed by atoms with Gasteiger partial charge in [0.15, 0.2) is 0 Å². The molecular formula is C23H20N4O. The second-order valence-electron chi connectivity index (χ2n) is 6.48. The summed E-state index contributed by atoms with van der Waals surface area (Å²) >= 11 is 0. The Kier molecular flexibility index (Phi) is 4.97. The van der Waals surface area contributed by atoms with Gasteiger partial charge in [-0.25, -0.2) is 5.43 Å². The van der Waals surface area contributed by atoms with E-state index in [1.165, 1.54) is 5.56 Å². The lowest BCUT2D eigenvalue weighted by molar-refractivity contribution is 0.0950. The molecule has 0 saturated heterocycles. The van der Waals surface area contributed by atoms with E-state index in [9.17, 15) is 4.79 Å². The Morgan fingerprint density at radius 2 is 1.86 bits per heavy atom. The molecule has 3 aromatic carbocycles. The summed E-state index contributed by atoms with van der Waals surface area (Å²) in [6.45, 7) is 2.12. The van der Waals surface area contributed by atoms with E-state index < -0.39 is 0 Å². The Morgan fingerprint density at radius 1 is 1.07 bits per heavy atom. The average Bonchev–Trinajstić information content (AvgIpc) is 3.24. The van der Waals surface area contributed by atoms with Gasteiger partial charge in [0, 0.05) is 11.1 Å². The molecule has 0 saturated carbocycles. The third-order valence-corrected chi connectivity index (χ3v) is 4.67. The van der Waals surface area contributed by atoms with Crippen LogP contribution in [-0.2, 0) is 6.42 Å². The average molecular weight is 368 g/mol. The van der Waals surface area contributed by atoms with Gasteiger partial charge in [-0.3, -0.25) is 9.89 Å². The molecule has 1 heterocycles. The summed E-state index contributed by atoms with van der Waals surface area (Å²) in [5.74, 6) is -0.333. The summed E-state index contributed by atoms with van der Waals surface area (Å²) in [4.78, 5) is 12.3. The van der Waals surface area contributed by atoms with Crippen molar-refractivity contribution in [2.45, 2.75) is 13.3 Å². The van der Waals surface area contributed by atoms with Crippen molar-refractivity contribution in [1.29, 1.82) is 0 Å². The molecule has 0 radical (unpaired) electrons. The third-order valence-electron chi connectivity index (χ3n) is 4.67. The number of aryl methyl sites for hydroxylation is 1. The summed E-state index contributed by atoms with van der Waals surface area (Å²) in [6.07, 6.45) is 2.64. The van der Waals surface area contributed by atoms with E-state index >= 15 is 0 Å². The lowest BCUT2D eigenvalue weighted by atomic mass is 10.1. The first kappa shape index (κ1) is 17.7. The number of rotatable bonds is 5. The Balaban J connectivity index is 1.46. The molecular weight excluding hydrogens is 348 g/mol. The number of nitrogens with one attached hydrogen (secondary N) is 2. The molecule has 0 aliphatic carbocycles. The topological polar surface area (TPSA) is 70.1 Å². The summed E-state index contributed by atoms with van der Waals surface area (Å²) in [7, 11) is 0. The van der Waals surface area contributed by atoms with Crippen molar-refractivity contribution >= 4 is 22.9 Å². The van der Waals surface area contributed by atoms with Crippen LogP contribution in [0.25, 0.3) is 22.0 Å². The quantitative estimate of drug-likeness (QED) is 0.401. The van der Waals surface area contributed by atoms with Crippen LogP contribution in [0.2, 0.25) is 0 Å². The highest BCUT2D eigenvalue weighted by molar-refractivity contribution is 6.00. The minimum Gasteiger partial charge on any atom is -0.272 e. The number of carbonyl (C=O) groups is 1. The van der Waals surface area contributed by atoms with E-state index in [1.54, 1.807) is 12.3 Å². The predicted molar refractivity (Wildman–Crippen MR) is 112 cm³/mol. The van der Waals surface area contributed by atoms with Gasteiger partial charge in [0.2, 0.25) is 0 Å². The first-order valence-electron chi connectivity index (χ1n) is 9.20. The van der Waals surface area contributed by atoms with Crippen LogP contribution in [0.4, 0.5) is 0 Å². The van der Waals surface area contributed by atoms with Gasteiger partial charge in [-0.05, 0) is 28.8 Å². The van der Waals surface area contributed by atoms with Crippen molar-refractivity contribution in [3.8, 4) is 11.3 Å². The maximum atomic E-state index is 12.3. The van der Waals surface area contributed by atoms with Crippen LogP contribution in [0.15, 0.2) is 77.9 Å². The number of hydrogen-bond acceptors (Lipinski definition) is 3. The van der Waals surface area contributed by atoms with Gasteiger partial charge in [-0.1, -0.05) is 73.7 Å². The molecule has 4 rings (SSSR count). The van der Waals surface area contributed by atoms with Gasteiger partial charge in [-0.2, -0.15) is 10.2 Å². The zero-order valence-corrected chi connectivity index (χ0v) is 15.5. The molecule has 28 heavy (non-hydrogen) atoms. The molecule has 0 atom stereocenters. The fraction of sp³-hybridized carbons (Fsp3) is 0.0870. The van der Waals surface area contributed by atoms with Gasteiger partial charge in [0.25, 0.3) is 5.91 Å². The van der Waals surface area contributed by atoms with Crippen LogP contribution in [0.3, 0.4) is 0 Å². The van der Waals surface area contributed by atoms with Crippen LogP contribution in [0.5, 0.6) is 0 Å². The molecule has 1 amide bonds. The van der Waals surface area contributed by atoms with Crippen LogP contribution >= 0.6 is 0 Å². The van der Waals surface area contributed by atoms with E-state index in [0.717, 1.165) is 34.0 Å². The maximum absolute atomic E-state index is 12.3. The van der Waals surface area contributed by atoms with E-state index in [2.05, 4.69) is 39.8 Å². The maximum Gasteiger partial charge on any atom is 0.289 e. The normalized spacial score (nSPS) is 11.2. The van der Waals surface area contributed by atoms with Crippen LogP contribution in [-0.4, -0.2) is 22.3 Å². The highest BCUT2D eigenvalue weighted by atomic mass is 16.2. The van der Waals surface area contributed by atoms with Crippen molar-refractivity contribution < 1.29 is 4.79 Å². The number of fused-ring (bicyclic) bond motifs is 1. The minimum absolute atomic E-state index is 0.333. The molecule has 0 bridgehead atoms.